The topological polar surface area (TPSA) is 88.2 Å². The second-order valence-electron chi connectivity index (χ2n) is 7.25. The number of aryl methyl sites for hydroxylation is 2. The Morgan fingerprint density at radius 1 is 0.844 bits per heavy atom. The Morgan fingerprint density at radius 3 is 2.12 bits per heavy atom. The summed E-state index contributed by atoms with van der Waals surface area (Å²) in [5.41, 5.74) is 3.57. The van der Waals surface area contributed by atoms with Crippen molar-refractivity contribution in [2.75, 3.05) is 10.0 Å². The lowest BCUT2D eigenvalue weighted by atomic mass is 10.2. The highest BCUT2D eigenvalue weighted by Gasteiger charge is 2.17. The first-order valence-corrected chi connectivity index (χ1v) is 12.2. The molecule has 4 aromatic rings. The molecule has 0 aliphatic rings. The number of rotatable bonds is 6. The first-order valence-electron chi connectivity index (χ1n) is 9.85. The van der Waals surface area contributed by atoms with E-state index in [1.54, 1.807) is 55.5 Å². The average molecular weight is 464 g/mol. The molecule has 6 nitrogen and oxygen atoms in total. The van der Waals surface area contributed by atoms with Crippen LogP contribution >= 0.6 is 11.3 Å². The van der Waals surface area contributed by atoms with Crippen LogP contribution in [0.3, 0.4) is 0 Å². The van der Waals surface area contributed by atoms with Crippen LogP contribution in [0, 0.1) is 13.8 Å². The lowest BCUT2D eigenvalue weighted by Crippen LogP contribution is -2.13. The van der Waals surface area contributed by atoms with Crippen molar-refractivity contribution in [1.82, 2.24) is 4.98 Å². The molecule has 0 aliphatic heterocycles. The van der Waals surface area contributed by atoms with Gasteiger partial charge < -0.3 is 5.32 Å². The number of amides is 1. The Bertz CT molecular complexity index is 1350. The first-order chi connectivity index (χ1) is 15.3. The van der Waals surface area contributed by atoms with E-state index in [4.69, 9.17) is 0 Å². The van der Waals surface area contributed by atoms with Gasteiger partial charge in [-0.1, -0.05) is 48.0 Å². The summed E-state index contributed by atoms with van der Waals surface area (Å²) in [5, 5.41) is 3.63. The molecule has 4 rings (SSSR count). The number of carbonyl (C=O) groups is 1. The second kappa shape index (κ2) is 8.94. The van der Waals surface area contributed by atoms with Gasteiger partial charge in [0.2, 0.25) is 0 Å². The number of hydrogen-bond donors (Lipinski definition) is 2. The van der Waals surface area contributed by atoms with Crippen LogP contribution in [-0.2, 0) is 10.0 Å². The maximum absolute atomic E-state index is 12.8. The predicted molar refractivity (Wildman–Crippen MR) is 129 cm³/mol. The third-order valence-electron chi connectivity index (χ3n) is 4.75. The molecule has 162 valence electrons. The molecule has 2 N–H and O–H groups in total. The number of aromatic nitrogens is 1. The summed E-state index contributed by atoms with van der Waals surface area (Å²) in [6, 6.07) is 22.8. The summed E-state index contributed by atoms with van der Waals surface area (Å²) in [5.74, 6) is -0.254. The molecule has 0 bridgehead atoms. The minimum absolute atomic E-state index is 0.190. The van der Waals surface area contributed by atoms with E-state index in [0.717, 1.165) is 16.1 Å². The standard InChI is InChI=1S/C24H21N3O3S2/c1-16-8-14-21(15-9-16)32(29,30)27-20-12-10-19(11-13-20)26-23(28)22-17(2)25-24(31-22)18-6-4-3-5-7-18/h3-15,27H,1-2H3,(H,26,28). The van der Waals surface area contributed by atoms with E-state index in [9.17, 15) is 13.2 Å². The van der Waals surface area contributed by atoms with E-state index in [-0.39, 0.29) is 10.8 Å². The van der Waals surface area contributed by atoms with E-state index >= 15 is 0 Å². The number of hydrogen-bond acceptors (Lipinski definition) is 5. The van der Waals surface area contributed by atoms with Crippen molar-refractivity contribution in [3.63, 3.8) is 0 Å². The Hall–Kier alpha value is -3.49. The fraction of sp³-hybridized carbons (Fsp3) is 0.0833. The van der Waals surface area contributed by atoms with Crippen LogP contribution in [0.25, 0.3) is 10.6 Å². The van der Waals surface area contributed by atoms with Gasteiger partial charge >= 0.3 is 0 Å². The van der Waals surface area contributed by atoms with E-state index in [1.807, 2.05) is 37.3 Å². The van der Waals surface area contributed by atoms with Gasteiger partial charge in [-0.2, -0.15) is 0 Å². The molecule has 1 heterocycles. The predicted octanol–water partition coefficient (Wildman–Crippen LogP) is 5.48. The zero-order valence-corrected chi connectivity index (χ0v) is 19.1. The summed E-state index contributed by atoms with van der Waals surface area (Å²) in [6.07, 6.45) is 0. The van der Waals surface area contributed by atoms with Gasteiger partial charge in [0.05, 0.1) is 10.6 Å². The van der Waals surface area contributed by atoms with Gasteiger partial charge in [-0.15, -0.1) is 11.3 Å². The third kappa shape index (κ3) is 4.87. The van der Waals surface area contributed by atoms with Gasteiger partial charge in [0, 0.05) is 16.9 Å². The fourth-order valence-corrected chi connectivity index (χ4v) is 5.08. The monoisotopic (exact) mass is 463 g/mol. The molecule has 0 aliphatic carbocycles. The lowest BCUT2D eigenvalue weighted by Gasteiger charge is -2.10. The lowest BCUT2D eigenvalue weighted by molar-refractivity contribution is 0.103. The molecule has 0 atom stereocenters. The minimum atomic E-state index is -3.68. The maximum atomic E-state index is 12.8. The Labute approximate surface area is 191 Å². The van der Waals surface area contributed by atoms with Crippen LogP contribution < -0.4 is 10.0 Å². The molecule has 0 radical (unpaired) electrons. The van der Waals surface area contributed by atoms with Crippen molar-refractivity contribution in [2.45, 2.75) is 18.7 Å². The summed E-state index contributed by atoms with van der Waals surface area (Å²) >= 11 is 1.33. The van der Waals surface area contributed by atoms with E-state index in [1.165, 1.54) is 11.3 Å². The number of carbonyl (C=O) groups excluding carboxylic acids is 1. The zero-order valence-electron chi connectivity index (χ0n) is 17.5. The quantitative estimate of drug-likeness (QED) is 0.396. The molecule has 0 spiro atoms. The molecule has 1 amide bonds. The molecule has 0 saturated carbocycles. The number of nitrogens with one attached hydrogen (secondary N) is 2. The van der Waals surface area contributed by atoms with Gasteiger partial charge in [0.15, 0.2) is 0 Å². The minimum Gasteiger partial charge on any atom is -0.321 e. The van der Waals surface area contributed by atoms with Gasteiger partial charge in [-0.05, 0) is 50.2 Å². The van der Waals surface area contributed by atoms with Crippen molar-refractivity contribution in [3.05, 3.63) is 95.0 Å². The smallest absolute Gasteiger partial charge is 0.267 e. The van der Waals surface area contributed by atoms with E-state index in [2.05, 4.69) is 15.0 Å². The number of thiazole rings is 1. The number of benzene rings is 3. The van der Waals surface area contributed by atoms with Crippen molar-refractivity contribution in [2.24, 2.45) is 0 Å². The average Bonchev–Trinajstić information content (AvgIpc) is 3.18. The van der Waals surface area contributed by atoms with E-state index in [0.29, 0.717) is 21.9 Å². The third-order valence-corrected chi connectivity index (χ3v) is 7.35. The van der Waals surface area contributed by atoms with E-state index < -0.39 is 10.0 Å². The Kier molecular flexibility index (Phi) is 6.07. The van der Waals surface area contributed by atoms with Crippen LogP contribution in [0.4, 0.5) is 11.4 Å². The van der Waals surface area contributed by atoms with Crippen molar-refractivity contribution < 1.29 is 13.2 Å². The maximum Gasteiger partial charge on any atom is 0.267 e. The molecule has 1 aromatic heterocycles. The highest BCUT2D eigenvalue weighted by atomic mass is 32.2. The van der Waals surface area contributed by atoms with Crippen LogP contribution in [0.2, 0.25) is 0 Å². The van der Waals surface area contributed by atoms with Crippen molar-refractivity contribution in [1.29, 1.82) is 0 Å². The van der Waals surface area contributed by atoms with Crippen molar-refractivity contribution in [3.8, 4) is 10.6 Å². The highest BCUT2D eigenvalue weighted by molar-refractivity contribution is 7.92. The van der Waals surface area contributed by atoms with Crippen LogP contribution in [0.15, 0.2) is 83.8 Å². The molecule has 0 fully saturated rings. The SMILES string of the molecule is Cc1ccc(S(=O)(=O)Nc2ccc(NC(=O)c3sc(-c4ccccc4)nc3C)cc2)cc1. The summed E-state index contributed by atoms with van der Waals surface area (Å²) in [7, 11) is -3.68. The van der Waals surface area contributed by atoms with Crippen LogP contribution in [0.5, 0.6) is 0 Å². The van der Waals surface area contributed by atoms with Crippen LogP contribution in [0.1, 0.15) is 20.9 Å². The number of sulfonamides is 1. The zero-order chi connectivity index (χ0) is 22.7. The molecule has 0 unspecified atom stereocenters. The molecule has 8 heteroatoms. The number of anilines is 2. The van der Waals surface area contributed by atoms with Crippen LogP contribution in [-0.4, -0.2) is 19.3 Å². The Morgan fingerprint density at radius 2 is 1.47 bits per heavy atom. The number of nitrogens with zero attached hydrogens (tertiary/aromatic N) is 1. The largest absolute Gasteiger partial charge is 0.321 e. The second-order valence-corrected chi connectivity index (χ2v) is 9.93. The Balaban J connectivity index is 1.45. The fourth-order valence-electron chi connectivity index (χ4n) is 3.05. The molecular weight excluding hydrogens is 442 g/mol. The highest BCUT2D eigenvalue weighted by Crippen LogP contribution is 2.28. The van der Waals surface area contributed by atoms with Gasteiger partial charge in [-0.3, -0.25) is 9.52 Å². The molecule has 3 aromatic carbocycles. The summed E-state index contributed by atoms with van der Waals surface area (Å²) < 4.78 is 27.6. The van der Waals surface area contributed by atoms with Gasteiger partial charge in [0.1, 0.15) is 9.88 Å². The first kappa shape index (κ1) is 21.7. The molecule has 32 heavy (non-hydrogen) atoms. The normalized spacial score (nSPS) is 11.2. The molecule has 0 saturated heterocycles. The molecular formula is C24H21N3O3S2. The van der Waals surface area contributed by atoms with Gasteiger partial charge in [-0.25, -0.2) is 13.4 Å². The van der Waals surface area contributed by atoms with Gasteiger partial charge in [0.25, 0.3) is 15.9 Å². The van der Waals surface area contributed by atoms with Crippen molar-refractivity contribution >= 4 is 38.6 Å². The summed E-state index contributed by atoms with van der Waals surface area (Å²) in [4.78, 5) is 18.0. The summed E-state index contributed by atoms with van der Waals surface area (Å²) in [6.45, 7) is 3.70.